The van der Waals surface area contributed by atoms with E-state index in [4.69, 9.17) is 9.52 Å². The van der Waals surface area contributed by atoms with E-state index >= 15 is 0 Å². The van der Waals surface area contributed by atoms with Crippen LogP contribution in [-0.2, 0) is 13.2 Å². The lowest BCUT2D eigenvalue weighted by Gasteiger charge is -2.27. The van der Waals surface area contributed by atoms with Gasteiger partial charge >= 0.3 is 0 Å². The fourth-order valence-electron chi connectivity index (χ4n) is 1.32. The number of hydrogen-bond donors (Lipinski definition) is 2. The largest absolute Gasteiger partial charge is 0.462 e. The second kappa shape index (κ2) is 5.51. The minimum atomic E-state index is -0.0294. The van der Waals surface area contributed by atoms with Crippen LogP contribution in [0.25, 0.3) is 0 Å². The van der Waals surface area contributed by atoms with Crippen LogP contribution in [-0.4, -0.2) is 11.7 Å². The minimum Gasteiger partial charge on any atom is -0.462 e. The number of hydrogen-bond acceptors (Lipinski definition) is 3. The topological polar surface area (TPSA) is 45.4 Å². The van der Waals surface area contributed by atoms with Gasteiger partial charge in [-0.15, -0.1) is 0 Å². The van der Waals surface area contributed by atoms with Crippen molar-refractivity contribution in [3.63, 3.8) is 0 Å². The fourth-order valence-corrected chi connectivity index (χ4v) is 1.32. The first kappa shape index (κ1) is 13.3. The molecular formula is C13H23NO2. The molecule has 1 aromatic heterocycles. The average molecular weight is 225 g/mol. The number of aliphatic hydroxyl groups is 1. The zero-order valence-corrected chi connectivity index (χ0v) is 10.7. The van der Waals surface area contributed by atoms with Crippen LogP contribution >= 0.6 is 0 Å². The maximum atomic E-state index is 8.86. The Kier molecular flexibility index (Phi) is 4.56. The molecule has 0 saturated carbocycles. The van der Waals surface area contributed by atoms with Crippen molar-refractivity contribution >= 4 is 0 Å². The Labute approximate surface area is 97.9 Å². The molecule has 1 heterocycles. The summed E-state index contributed by atoms with van der Waals surface area (Å²) in [5.74, 6) is 2.12. The highest BCUT2D eigenvalue weighted by Crippen LogP contribution is 2.24. The molecular weight excluding hydrogens is 202 g/mol. The third-order valence-electron chi connectivity index (χ3n) is 3.10. The van der Waals surface area contributed by atoms with E-state index < -0.39 is 0 Å². The van der Waals surface area contributed by atoms with Crippen molar-refractivity contribution in [3.8, 4) is 0 Å². The van der Waals surface area contributed by atoms with Crippen LogP contribution in [0.3, 0.4) is 0 Å². The molecule has 0 spiro atoms. The van der Waals surface area contributed by atoms with E-state index in [0.29, 0.717) is 17.1 Å². The fraction of sp³-hybridized carbons (Fsp3) is 0.692. The quantitative estimate of drug-likeness (QED) is 0.809. The summed E-state index contributed by atoms with van der Waals surface area (Å²) in [5, 5.41) is 12.2. The lowest BCUT2D eigenvalue weighted by molar-refractivity contribution is 0.237. The highest BCUT2D eigenvalue weighted by atomic mass is 16.4. The Morgan fingerprint density at radius 1 is 1.31 bits per heavy atom. The molecule has 0 amide bonds. The summed E-state index contributed by atoms with van der Waals surface area (Å²) in [5.41, 5.74) is 0.326. The molecule has 3 heteroatoms. The molecule has 1 rings (SSSR count). The minimum absolute atomic E-state index is 0.0294. The Hall–Kier alpha value is -0.800. The number of furan rings is 1. The van der Waals surface area contributed by atoms with Crippen molar-refractivity contribution < 1.29 is 9.52 Å². The van der Waals surface area contributed by atoms with Gasteiger partial charge in [-0.25, -0.2) is 0 Å². The molecule has 0 radical (unpaired) electrons. The van der Waals surface area contributed by atoms with Crippen molar-refractivity contribution in [2.45, 2.75) is 40.8 Å². The molecule has 0 aromatic carbocycles. The third-order valence-corrected chi connectivity index (χ3v) is 3.10. The summed E-state index contributed by atoms with van der Waals surface area (Å²) < 4.78 is 5.39. The van der Waals surface area contributed by atoms with Gasteiger partial charge in [-0.05, 0) is 30.0 Å². The number of aliphatic hydroxyl groups excluding tert-OH is 1. The van der Waals surface area contributed by atoms with Crippen molar-refractivity contribution in [2.24, 2.45) is 11.3 Å². The van der Waals surface area contributed by atoms with Gasteiger partial charge in [0, 0.05) is 0 Å². The summed E-state index contributed by atoms with van der Waals surface area (Å²) in [7, 11) is 0. The smallest absolute Gasteiger partial charge is 0.129 e. The average Bonchev–Trinajstić information content (AvgIpc) is 2.64. The van der Waals surface area contributed by atoms with Gasteiger partial charge in [0.25, 0.3) is 0 Å². The predicted octanol–water partition coefficient (Wildman–Crippen LogP) is 2.54. The molecule has 3 nitrogen and oxygen atoms in total. The SMILES string of the molecule is CC(CNCc1ccc(CO)o1)C(C)(C)C. The lowest BCUT2D eigenvalue weighted by atomic mass is 9.82. The van der Waals surface area contributed by atoms with Gasteiger partial charge in [0.15, 0.2) is 0 Å². The first-order valence-corrected chi connectivity index (χ1v) is 5.82. The molecule has 0 aliphatic heterocycles. The molecule has 0 bridgehead atoms. The molecule has 1 aromatic rings. The van der Waals surface area contributed by atoms with Crippen molar-refractivity contribution in [1.82, 2.24) is 5.32 Å². The van der Waals surface area contributed by atoms with E-state index in [0.717, 1.165) is 18.8 Å². The van der Waals surface area contributed by atoms with Crippen LogP contribution in [0.1, 0.15) is 39.2 Å². The van der Waals surface area contributed by atoms with Gasteiger partial charge < -0.3 is 14.8 Å². The number of rotatable bonds is 5. The van der Waals surface area contributed by atoms with Crippen LogP contribution in [0.15, 0.2) is 16.5 Å². The van der Waals surface area contributed by atoms with Crippen molar-refractivity contribution in [1.29, 1.82) is 0 Å². The highest BCUT2D eigenvalue weighted by Gasteiger charge is 2.19. The monoisotopic (exact) mass is 225 g/mol. The molecule has 92 valence electrons. The van der Waals surface area contributed by atoms with E-state index in [1.165, 1.54) is 0 Å². The Bertz CT molecular complexity index is 312. The van der Waals surface area contributed by atoms with E-state index in [1.54, 1.807) is 0 Å². The van der Waals surface area contributed by atoms with Crippen molar-refractivity contribution in [3.05, 3.63) is 23.7 Å². The van der Waals surface area contributed by atoms with Crippen LogP contribution < -0.4 is 5.32 Å². The van der Waals surface area contributed by atoms with Crippen LogP contribution in [0.5, 0.6) is 0 Å². The Morgan fingerprint density at radius 2 is 1.94 bits per heavy atom. The van der Waals surface area contributed by atoms with E-state index in [-0.39, 0.29) is 6.61 Å². The first-order valence-electron chi connectivity index (χ1n) is 5.82. The molecule has 1 atom stereocenters. The Balaban J connectivity index is 2.30. The second-order valence-electron chi connectivity index (χ2n) is 5.42. The van der Waals surface area contributed by atoms with Crippen LogP contribution in [0.2, 0.25) is 0 Å². The molecule has 0 aliphatic rings. The molecule has 16 heavy (non-hydrogen) atoms. The zero-order valence-electron chi connectivity index (χ0n) is 10.7. The normalized spacial score (nSPS) is 14.1. The maximum absolute atomic E-state index is 8.86. The summed E-state index contributed by atoms with van der Waals surface area (Å²) in [6, 6.07) is 3.71. The molecule has 0 fully saturated rings. The maximum Gasteiger partial charge on any atom is 0.129 e. The molecule has 1 unspecified atom stereocenters. The van der Waals surface area contributed by atoms with Crippen LogP contribution in [0.4, 0.5) is 0 Å². The van der Waals surface area contributed by atoms with Crippen molar-refractivity contribution in [2.75, 3.05) is 6.54 Å². The van der Waals surface area contributed by atoms with Gasteiger partial charge in [0.1, 0.15) is 18.1 Å². The van der Waals surface area contributed by atoms with E-state index in [9.17, 15) is 0 Å². The number of nitrogens with one attached hydrogen (secondary N) is 1. The van der Waals surface area contributed by atoms with Gasteiger partial charge in [-0.3, -0.25) is 0 Å². The van der Waals surface area contributed by atoms with Gasteiger partial charge in [-0.1, -0.05) is 27.7 Å². The molecule has 2 N–H and O–H groups in total. The zero-order chi connectivity index (χ0) is 12.2. The standard InChI is InChI=1S/C13H23NO2/c1-10(13(2,3)4)7-14-8-11-5-6-12(9-15)16-11/h5-6,10,14-15H,7-9H2,1-4H3. The summed E-state index contributed by atoms with van der Waals surface area (Å²) >= 11 is 0. The van der Waals surface area contributed by atoms with Gasteiger partial charge in [-0.2, -0.15) is 0 Å². The lowest BCUT2D eigenvalue weighted by Crippen LogP contribution is -2.29. The van der Waals surface area contributed by atoms with E-state index in [1.807, 2.05) is 12.1 Å². The Morgan fingerprint density at radius 3 is 2.44 bits per heavy atom. The second-order valence-corrected chi connectivity index (χ2v) is 5.42. The third kappa shape index (κ3) is 3.99. The first-order chi connectivity index (χ1) is 7.43. The van der Waals surface area contributed by atoms with Crippen LogP contribution in [0, 0.1) is 11.3 Å². The van der Waals surface area contributed by atoms with Gasteiger partial charge in [0.05, 0.1) is 6.54 Å². The van der Waals surface area contributed by atoms with E-state index in [2.05, 4.69) is 33.0 Å². The summed E-state index contributed by atoms with van der Waals surface area (Å²) in [4.78, 5) is 0. The predicted molar refractivity (Wildman–Crippen MR) is 65.0 cm³/mol. The molecule has 0 saturated heterocycles. The van der Waals surface area contributed by atoms with Gasteiger partial charge in [0.2, 0.25) is 0 Å². The summed E-state index contributed by atoms with van der Waals surface area (Å²) in [6.07, 6.45) is 0. The molecule has 0 aliphatic carbocycles. The highest BCUT2D eigenvalue weighted by molar-refractivity contribution is 5.06. The summed E-state index contributed by atoms with van der Waals surface area (Å²) in [6.45, 7) is 10.6.